The Kier molecular flexibility index (Phi) is 4.79. The van der Waals surface area contributed by atoms with Crippen molar-refractivity contribution in [2.45, 2.75) is 0 Å². The molecule has 0 aliphatic heterocycles. The van der Waals surface area contributed by atoms with Gasteiger partial charge in [0.1, 0.15) is 0 Å². The van der Waals surface area contributed by atoms with E-state index in [4.69, 9.17) is 5.73 Å². The molecule has 0 aliphatic carbocycles. The number of nitrogens with zero attached hydrogens (tertiary/aromatic N) is 2. The number of rotatable bonds is 6. The molecule has 0 radical (unpaired) electrons. The molecule has 9 nitrogen and oxygen atoms in total. The van der Waals surface area contributed by atoms with Gasteiger partial charge in [-0.1, -0.05) is 12.1 Å². The molecule has 0 aliphatic rings. The number of hydrogen-bond acceptors (Lipinski definition) is 7. The number of aromatic amines is 1. The van der Waals surface area contributed by atoms with Crippen molar-refractivity contribution < 1.29 is 8.76 Å². The topological polar surface area (TPSA) is 144 Å². The zero-order valence-electron chi connectivity index (χ0n) is 14.5. The molecular weight excluding hydrogens is 378 g/mol. The minimum Gasteiger partial charge on any atom is -0.755 e. The summed E-state index contributed by atoms with van der Waals surface area (Å²) in [5, 5.41) is 7.33. The van der Waals surface area contributed by atoms with Gasteiger partial charge >= 0.3 is 0 Å². The predicted octanol–water partition coefficient (Wildman–Crippen LogP) is 3.23. The van der Waals surface area contributed by atoms with Crippen LogP contribution in [0, 0.1) is 0 Å². The molecule has 2 aromatic heterocycles. The lowest BCUT2D eigenvalue weighted by Crippen LogP contribution is -2.05. The highest BCUT2D eigenvalue weighted by Crippen LogP contribution is 2.25. The Morgan fingerprint density at radius 3 is 2.71 bits per heavy atom. The van der Waals surface area contributed by atoms with Crippen LogP contribution in [0.2, 0.25) is 0 Å². The van der Waals surface area contributed by atoms with Crippen molar-refractivity contribution in [2.24, 2.45) is 0 Å². The summed E-state index contributed by atoms with van der Waals surface area (Å²) in [5.41, 5.74) is 9.21. The monoisotopic (exact) mass is 394 g/mol. The molecule has 4 rings (SSSR count). The second-order valence-corrected chi connectivity index (χ2v) is 6.62. The van der Waals surface area contributed by atoms with E-state index in [-0.39, 0.29) is 0 Å². The average Bonchev–Trinajstić information content (AvgIpc) is 3.12. The summed E-state index contributed by atoms with van der Waals surface area (Å²) in [4.78, 5) is 11.8. The van der Waals surface area contributed by atoms with Gasteiger partial charge < -0.3 is 30.6 Å². The van der Waals surface area contributed by atoms with Crippen molar-refractivity contribution in [1.29, 1.82) is 0 Å². The average molecular weight is 394 g/mol. The summed E-state index contributed by atoms with van der Waals surface area (Å²) in [6.45, 7) is 0. The van der Waals surface area contributed by atoms with Gasteiger partial charge in [-0.3, -0.25) is 4.21 Å². The third-order valence-electron chi connectivity index (χ3n) is 3.95. The second kappa shape index (κ2) is 7.55. The van der Waals surface area contributed by atoms with E-state index in [9.17, 15) is 8.76 Å². The molecule has 142 valence electrons. The van der Waals surface area contributed by atoms with Gasteiger partial charge in [-0.2, -0.15) is 4.98 Å². The quantitative estimate of drug-likeness (QED) is 0.316. The van der Waals surface area contributed by atoms with Crippen LogP contribution in [-0.4, -0.2) is 23.7 Å². The molecular formula is C18H16N7O2S-. The van der Waals surface area contributed by atoms with Gasteiger partial charge in [-0.05, 0) is 41.8 Å². The molecule has 0 saturated carbocycles. The Balaban J connectivity index is 1.56. The van der Waals surface area contributed by atoms with Crippen molar-refractivity contribution in [3.63, 3.8) is 0 Å². The van der Waals surface area contributed by atoms with E-state index in [0.717, 1.165) is 16.6 Å². The summed E-state index contributed by atoms with van der Waals surface area (Å²) in [7, 11) is 0. The van der Waals surface area contributed by atoms with E-state index in [2.05, 4.69) is 30.3 Å². The van der Waals surface area contributed by atoms with Crippen LogP contribution in [0.25, 0.3) is 10.9 Å². The van der Waals surface area contributed by atoms with Crippen LogP contribution in [-0.2, 0) is 11.3 Å². The lowest BCUT2D eigenvalue weighted by Gasteiger charge is -2.13. The first-order valence-corrected chi connectivity index (χ1v) is 9.34. The maximum absolute atomic E-state index is 10.8. The molecule has 0 bridgehead atoms. The maximum Gasteiger partial charge on any atom is 0.229 e. The fraction of sp³-hybridized carbons (Fsp3) is 0. The molecule has 0 saturated heterocycles. The normalized spacial score (nSPS) is 11.9. The largest absolute Gasteiger partial charge is 0.755 e. The zero-order valence-corrected chi connectivity index (χ0v) is 15.3. The lowest BCUT2D eigenvalue weighted by atomic mass is 10.2. The van der Waals surface area contributed by atoms with Crippen molar-refractivity contribution in [1.82, 2.24) is 15.0 Å². The summed E-state index contributed by atoms with van der Waals surface area (Å²) < 4.78 is 23.9. The van der Waals surface area contributed by atoms with Crippen LogP contribution in [0.4, 0.5) is 34.5 Å². The highest BCUT2D eigenvalue weighted by molar-refractivity contribution is 7.80. The van der Waals surface area contributed by atoms with Gasteiger partial charge in [-0.15, -0.1) is 0 Å². The molecule has 10 heteroatoms. The molecule has 6 N–H and O–H groups in total. The summed E-state index contributed by atoms with van der Waals surface area (Å²) >= 11 is -2.40. The van der Waals surface area contributed by atoms with Gasteiger partial charge in [0.15, 0.2) is 5.82 Å². The van der Waals surface area contributed by atoms with Crippen molar-refractivity contribution in [3.8, 4) is 0 Å². The lowest BCUT2D eigenvalue weighted by molar-refractivity contribution is 0.542. The maximum atomic E-state index is 10.8. The molecule has 2 heterocycles. The number of hydrogen-bond donors (Lipinski definition) is 5. The number of H-pyrrole nitrogens is 1. The van der Waals surface area contributed by atoms with Crippen LogP contribution < -0.4 is 21.1 Å². The van der Waals surface area contributed by atoms with Crippen molar-refractivity contribution in [2.75, 3.05) is 21.1 Å². The molecule has 0 fully saturated rings. The number of aromatic nitrogens is 3. The second-order valence-electron chi connectivity index (χ2n) is 5.94. The smallest absolute Gasteiger partial charge is 0.229 e. The Morgan fingerprint density at radius 1 is 1.04 bits per heavy atom. The van der Waals surface area contributed by atoms with Crippen LogP contribution in [0.1, 0.15) is 0 Å². The molecule has 0 amide bonds. The van der Waals surface area contributed by atoms with Crippen LogP contribution in [0.15, 0.2) is 60.9 Å². The molecule has 0 spiro atoms. The third kappa shape index (κ3) is 4.03. The summed E-state index contributed by atoms with van der Waals surface area (Å²) in [6.07, 6.45) is 3.38. The van der Waals surface area contributed by atoms with E-state index >= 15 is 0 Å². The van der Waals surface area contributed by atoms with Crippen LogP contribution in [0.5, 0.6) is 0 Å². The highest BCUT2D eigenvalue weighted by atomic mass is 32.2. The van der Waals surface area contributed by atoms with Crippen molar-refractivity contribution >= 4 is 56.7 Å². The molecule has 1 unspecified atom stereocenters. The van der Waals surface area contributed by atoms with Gasteiger partial charge in [0.2, 0.25) is 5.95 Å². The number of benzene rings is 2. The van der Waals surface area contributed by atoms with E-state index in [1.807, 2.05) is 30.5 Å². The number of fused-ring (bicyclic) bond motifs is 1. The Hall–Kier alpha value is -3.63. The minimum absolute atomic E-state index is 0.358. The minimum atomic E-state index is -2.40. The Bertz CT molecular complexity index is 1160. The van der Waals surface area contributed by atoms with E-state index < -0.39 is 11.3 Å². The molecule has 4 aromatic rings. The SMILES string of the molecule is Nc1cnc(Nc2ccc3cc[nH]c3c2)nc1Nc1cccc(NS(=O)[O-])c1. The number of nitrogens with one attached hydrogen (secondary N) is 4. The van der Waals surface area contributed by atoms with Gasteiger partial charge in [0.05, 0.1) is 11.9 Å². The standard InChI is InChI=1S/C18H17N7O2S/c19-15-10-21-18(23-13-5-4-11-6-7-20-16(11)9-13)24-17(15)22-12-2-1-3-14(8-12)25-28(26)27/h1-10,20,25H,19H2,(H,26,27)(H2,21,22,23,24)/p-1. The van der Waals surface area contributed by atoms with Crippen LogP contribution in [0.3, 0.4) is 0 Å². The first-order chi connectivity index (χ1) is 13.6. The number of anilines is 6. The fourth-order valence-corrected chi connectivity index (χ4v) is 3.02. The van der Waals surface area contributed by atoms with Gasteiger partial charge in [0, 0.05) is 40.0 Å². The van der Waals surface area contributed by atoms with Crippen LogP contribution >= 0.6 is 0 Å². The summed E-state index contributed by atoms with van der Waals surface area (Å²) in [6, 6.07) is 14.6. The van der Waals surface area contributed by atoms with Gasteiger partial charge in [0.25, 0.3) is 0 Å². The molecule has 28 heavy (non-hydrogen) atoms. The van der Waals surface area contributed by atoms with E-state index in [1.165, 1.54) is 6.20 Å². The highest BCUT2D eigenvalue weighted by Gasteiger charge is 2.07. The fourth-order valence-electron chi connectivity index (χ4n) is 2.70. The zero-order chi connectivity index (χ0) is 19.5. The Labute approximate surface area is 162 Å². The number of nitrogen functional groups attached to an aromatic ring is 1. The van der Waals surface area contributed by atoms with Crippen molar-refractivity contribution in [3.05, 3.63) is 60.9 Å². The van der Waals surface area contributed by atoms with E-state index in [0.29, 0.717) is 28.8 Å². The molecule has 2 aromatic carbocycles. The summed E-state index contributed by atoms with van der Waals surface area (Å²) in [5.74, 6) is 0.774. The predicted molar refractivity (Wildman–Crippen MR) is 110 cm³/mol. The third-order valence-corrected chi connectivity index (χ3v) is 4.36. The number of nitrogens with two attached hydrogens (primary N) is 1. The first-order valence-electron chi connectivity index (χ1n) is 8.26. The Morgan fingerprint density at radius 2 is 1.86 bits per heavy atom. The molecule has 1 atom stereocenters. The first kappa shape index (κ1) is 17.8. The van der Waals surface area contributed by atoms with Gasteiger partial charge in [-0.25, -0.2) is 4.98 Å². The van der Waals surface area contributed by atoms with E-state index in [1.54, 1.807) is 24.3 Å².